The van der Waals surface area contributed by atoms with Crippen LogP contribution in [0.1, 0.15) is 6.85 Å². The Kier molecular flexibility index (Phi) is 6.96. The lowest BCUT2D eigenvalue weighted by molar-refractivity contribution is 0.415. The number of benzene rings is 8. The fraction of sp³-hybridized carbons (Fsp3) is 0.0192. The van der Waals surface area contributed by atoms with Crippen molar-refractivity contribution < 1.29 is 11.6 Å². The topological polar surface area (TPSA) is 52.8 Å². The Morgan fingerprint density at radius 3 is 1.88 bits per heavy atom. The molecule has 3 heterocycles. The molecule has 0 fully saturated rings. The molecular formula is C52H34N4OS. The molecule has 0 saturated carbocycles. The van der Waals surface area contributed by atoms with Crippen LogP contribution in [0.3, 0.4) is 0 Å². The summed E-state index contributed by atoms with van der Waals surface area (Å²) in [7, 11) is 1.67. The van der Waals surface area contributed by atoms with Crippen molar-refractivity contribution in [3.63, 3.8) is 0 Å². The standard InChI is InChI=1S/C52H34N4OS/c1-57-39-27-24-33(25-28-39)37-26-29-42-41-20-11-12-23-46(41)56(47(42)30-37)38-31-44-43-22-13-21-40(34-14-5-2-6-15-34)48(43)58-49(44)45(32-38)52-54-50(35-16-7-3-8-17-35)53-51(55-52)36-18-9-4-10-19-36/h2-32H,1H3/i3D,7D,8D,16D,17D. The maximum atomic E-state index is 8.93. The van der Waals surface area contributed by atoms with Gasteiger partial charge < -0.3 is 9.30 Å². The van der Waals surface area contributed by atoms with E-state index in [1.165, 1.54) is 0 Å². The first-order valence-corrected chi connectivity index (χ1v) is 19.7. The lowest BCUT2D eigenvalue weighted by atomic mass is 10.0. The zero-order valence-electron chi connectivity index (χ0n) is 36.1. The van der Waals surface area contributed by atoms with Gasteiger partial charge in [-0.3, -0.25) is 0 Å². The van der Waals surface area contributed by atoms with Crippen molar-refractivity contribution in [2.45, 2.75) is 0 Å². The van der Waals surface area contributed by atoms with Crippen molar-refractivity contribution in [3.8, 4) is 67.9 Å². The van der Waals surface area contributed by atoms with Crippen LogP contribution < -0.4 is 4.74 Å². The lowest BCUT2D eigenvalue weighted by Gasteiger charge is -2.13. The number of thiophene rings is 1. The molecule has 0 bridgehead atoms. The van der Waals surface area contributed by atoms with Crippen LogP contribution in [0.5, 0.6) is 5.75 Å². The van der Waals surface area contributed by atoms with Gasteiger partial charge in [-0.05, 0) is 58.7 Å². The Bertz CT molecular complexity index is 3580. The monoisotopic (exact) mass is 767 g/mol. The molecule has 8 aromatic carbocycles. The number of rotatable bonds is 7. The van der Waals surface area contributed by atoms with Gasteiger partial charge in [0, 0.05) is 53.3 Å². The number of para-hydroxylation sites is 1. The molecule has 11 aromatic rings. The van der Waals surface area contributed by atoms with Gasteiger partial charge in [0.15, 0.2) is 17.5 Å². The minimum Gasteiger partial charge on any atom is -0.497 e. The zero-order valence-corrected chi connectivity index (χ0v) is 31.9. The van der Waals surface area contributed by atoms with Crippen LogP contribution in [0, 0.1) is 0 Å². The molecule has 11 rings (SSSR count). The first-order valence-electron chi connectivity index (χ1n) is 21.4. The quantitative estimate of drug-likeness (QED) is 0.162. The Balaban J connectivity index is 1.25. The molecule has 58 heavy (non-hydrogen) atoms. The molecule has 0 spiro atoms. The van der Waals surface area contributed by atoms with E-state index in [0.717, 1.165) is 75.7 Å². The average molecular weight is 768 g/mol. The third-order valence-electron chi connectivity index (χ3n) is 10.7. The van der Waals surface area contributed by atoms with Gasteiger partial charge in [0.1, 0.15) is 5.75 Å². The normalized spacial score (nSPS) is 12.7. The summed E-state index contributed by atoms with van der Waals surface area (Å²) in [5.41, 5.74) is 8.54. The fourth-order valence-corrected chi connectivity index (χ4v) is 9.25. The van der Waals surface area contributed by atoms with Crippen LogP contribution in [-0.2, 0) is 0 Å². The van der Waals surface area contributed by atoms with Gasteiger partial charge in [-0.25, -0.2) is 15.0 Å². The third kappa shape index (κ3) is 5.73. The van der Waals surface area contributed by atoms with E-state index in [-0.39, 0.29) is 23.5 Å². The fourth-order valence-electron chi connectivity index (χ4n) is 7.92. The highest BCUT2D eigenvalue weighted by Gasteiger charge is 2.22. The Hall–Kier alpha value is -7.41. The van der Waals surface area contributed by atoms with Crippen LogP contribution in [0.4, 0.5) is 0 Å². The van der Waals surface area contributed by atoms with Gasteiger partial charge >= 0.3 is 0 Å². The summed E-state index contributed by atoms with van der Waals surface area (Å²) in [6.07, 6.45) is 0. The summed E-state index contributed by atoms with van der Waals surface area (Å²) in [5, 5.41) is 4.28. The van der Waals surface area contributed by atoms with E-state index in [2.05, 4.69) is 102 Å². The SMILES string of the molecule is [2H]c1c([2H])c([2H])c(-c2nc(-c3ccccc3)nc(-c3cc(-n4c5ccccc5c5ccc(-c6ccc(OC)cc6)cc54)cc4c3sc3c(-c5ccccc5)cccc34)n2)c([2H])c1[2H]. The van der Waals surface area contributed by atoms with E-state index in [1.54, 1.807) is 18.4 Å². The molecule has 0 N–H and O–H groups in total. The van der Waals surface area contributed by atoms with E-state index in [9.17, 15) is 0 Å². The van der Waals surface area contributed by atoms with E-state index in [4.69, 9.17) is 26.5 Å². The number of methoxy groups -OCH3 is 1. The van der Waals surface area contributed by atoms with Crippen LogP contribution in [0.2, 0.25) is 0 Å². The number of fused-ring (bicyclic) bond motifs is 6. The van der Waals surface area contributed by atoms with Crippen molar-refractivity contribution in [1.82, 2.24) is 19.5 Å². The number of hydrogen-bond acceptors (Lipinski definition) is 5. The first-order chi connectivity index (χ1) is 30.8. The predicted molar refractivity (Wildman–Crippen MR) is 241 cm³/mol. The highest BCUT2D eigenvalue weighted by molar-refractivity contribution is 7.26. The smallest absolute Gasteiger partial charge is 0.165 e. The van der Waals surface area contributed by atoms with E-state index in [1.807, 2.05) is 60.7 Å². The third-order valence-corrected chi connectivity index (χ3v) is 11.9. The van der Waals surface area contributed by atoms with Crippen molar-refractivity contribution >= 4 is 53.3 Å². The minimum atomic E-state index is -0.485. The number of hydrogen-bond donors (Lipinski definition) is 0. The maximum Gasteiger partial charge on any atom is 0.165 e. The molecule has 3 aromatic heterocycles. The second-order valence-corrected chi connectivity index (χ2v) is 15.0. The summed E-state index contributed by atoms with van der Waals surface area (Å²) in [4.78, 5) is 15.0. The summed E-state index contributed by atoms with van der Waals surface area (Å²) in [6, 6.07) is 51.4. The van der Waals surface area contributed by atoms with Gasteiger partial charge in [-0.2, -0.15) is 0 Å². The number of aromatic nitrogens is 4. The van der Waals surface area contributed by atoms with Gasteiger partial charge in [-0.1, -0.05) is 152 Å². The molecule has 0 amide bonds. The van der Waals surface area contributed by atoms with Crippen molar-refractivity contribution in [1.29, 1.82) is 0 Å². The minimum absolute atomic E-state index is 0.0125. The van der Waals surface area contributed by atoms with E-state index >= 15 is 0 Å². The van der Waals surface area contributed by atoms with Gasteiger partial charge in [0.05, 0.1) is 25.0 Å². The van der Waals surface area contributed by atoms with Crippen molar-refractivity contribution in [3.05, 3.63) is 188 Å². The number of nitrogens with zero attached hydrogens (tertiary/aromatic N) is 4. The molecule has 0 aliphatic heterocycles. The molecule has 5 nitrogen and oxygen atoms in total. The second-order valence-electron chi connectivity index (χ2n) is 14.0. The molecule has 0 saturated heterocycles. The molecular weight excluding hydrogens is 729 g/mol. The lowest BCUT2D eigenvalue weighted by Crippen LogP contribution is -2.01. The molecule has 0 aliphatic rings. The zero-order chi connectivity index (χ0) is 42.9. The van der Waals surface area contributed by atoms with Crippen molar-refractivity contribution in [2.24, 2.45) is 0 Å². The molecule has 0 radical (unpaired) electrons. The van der Waals surface area contributed by atoms with Gasteiger partial charge in [0.25, 0.3) is 0 Å². The second kappa shape index (κ2) is 14.0. The molecule has 0 unspecified atom stereocenters. The van der Waals surface area contributed by atoms with E-state index in [0.29, 0.717) is 22.8 Å². The molecule has 0 atom stereocenters. The first kappa shape index (κ1) is 28.9. The highest BCUT2D eigenvalue weighted by atomic mass is 32.1. The summed E-state index contributed by atoms with van der Waals surface area (Å²) >= 11 is 1.66. The van der Waals surface area contributed by atoms with E-state index < -0.39 is 18.1 Å². The van der Waals surface area contributed by atoms with Crippen molar-refractivity contribution in [2.75, 3.05) is 7.11 Å². The molecule has 274 valence electrons. The maximum absolute atomic E-state index is 8.93. The van der Waals surface area contributed by atoms with Crippen LogP contribution in [-0.4, -0.2) is 26.6 Å². The highest BCUT2D eigenvalue weighted by Crippen LogP contribution is 2.46. The Morgan fingerprint density at radius 2 is 1.10 bits per heavy atom. The van der Waals surface area contributed by atoms with Crippen LogP contribution in [0.25, 0.3) is 104 Å². The van der Waals surface area contributed by atoms with Crippen LogP contribution in [0.15, 0.2) is 188 Å². The van der Waals surface area contributed by atoms with Gasteiger partial charge in [0.2, 0.25) is 0 Å². The summed E-state index contributed by atoms with van der Waals surface area (Å²) < 4.78 is 53.0. The summed E-state index contributed by atoms with van der Waals surface area (Å²) in [6.45, 7) is 0. The molecule has 6 heteroatoms. The predicted octanol–water partition coefficient (Wildman–Crippen LogP) is 13.7. The van der Waals surface area contributed by atoms with Crippen LogP contribution >= 0.6 is 11.3 Å². The molecule has 0 aliphatic carbocycles. The Morgan fingerprint density at radius 1 is 0.466 bits per heavy atom. The largest absolute Gasteiger partial charge is 0.497 e. The number of ether oxygens (including phenoxy) is 1. The Labute approximate surface area is 346 Å². The summed E-state index contributed by atoms with van der Waals surface area (Å²) in [5.74, 6) is 1.40. The average Bonchev–Trinajstić information content (AvgIpc) is 3.88. The van der Waals surface area contributed by atoms with Gasteiger partial charge in [-0.15, -0.1) is 11.3 Å².